The summed E-state index contributed by atoms with van der Waals surface area (Å²) >= 11 is 0. The van der Waals surface area contributed by atoms with Crippen molar-refractivity contribution in [1.82, 2.24) is 4.90 Å². The highest BCUT2D eigenvalue weighted by molar-refractivity contribution is 4.87. The van der Waals surface area contributed by atoms with Crippen LogP contribution in [0.2, 0.25) is 0 Å². The van der Waals surface area contributed by atoms with E-state index in [-0.39, 0.29) is 0 Å². The van der Waals surface area contributed by atoms with E-state index in [0.29, 0.717) is 6.04 Å². The first kappa shape index (κ1) is 14.3. The van der Waals surface area contributed by atoms with Gasteiger partial charge in [-0.15, -0.1) is 0 Å². The van der Waals surface area contributed by atoms with Crippen LogP contribution in [0.5, 0.6) is 0 Å². The van der Waals surface area contributed by atoms with Crippen LogP contribution < -0.4 is 5.73 Å². The maximum absolute atomic E-state index is 6.11. The summed E-state index contributed by atoms with van der Waals surface area (Å²) in [5, 5.41) is 0. The van der Waals surface area contributed by atoms with Gasteiger partial charge in [0.2, 0.25) is 0 Å². The molecular formula is C16H32N2. The van der Waals surface area contributed by atoms with Gasteiger partial charge in [0.25, 0.3) is 0 Å². The number of hydrogen-bond acceptors (Lipinski definition) is 2. The van der Waals surface area contributed by atoms with Gasteiger partial charge in [0.1, 0.15) is 0 Å². The molecule has 0 aromatic rings. The molecule has 0 radical (unpaired) electrons. The van der Waals surface area contributed by atoms with Gasteiger partial charge in [-0.3, -0.25) is 4.90 Å². The van der Waals surface area contributed by atoms with Crippen LogP contribution >= 0.6 is 0 Å². The third-order valence-electron chi connectivity index (χ3n) is 5.17. The number of hydrogen-bond donors (Lipinski definition) is 1. The Hall–Kier alpha value is -0.0800. The molecule has 18 heavy (non-hydrogen) atoms. The Morgan fingerprint density at radius 3 is 2.44 bits per heavy atom. The molecule has 0 bridgehead atoms. The molecule has 1 aliphatic carbocycles. The molecule has 2 heteroatoms. The van der Waals surface area contributed by atoms with E-state index in [1.807, 2.05) is 0 Å². The summed E-state index contributed by atoms with van der Waals surface area (Å²) < 4.78 is 0. The molecule has 2 unspecified atom stereocenters. The van der Waals surface area contributed by atoms with Crippen molar-refractivity contribution >= 4 is 0 Å². The van der Waals surface area contributed by atoms with Crippen LogP contribution in [0.15, 0.2) is 0 Å². The molecule has 1 saturated carbocycles. The minimum absolute atomic E-state index is 0.685. The fourth-order valence-corrected chi connectivity index (χ4v) is 4.14. The SMILES string of the molecule is CCCC1CCN(C(CN)C2CCCCCC2)C1. The highest BCUT2D eigenvalue weighted by Gasteiger charge is 2.31. The van der Waals surface area contributed by atoms with Crippen molar-refractivity contribution in [3.05, 3.63) is 0 Å². The third kappa shape index (κ3) is 3.71. The standard InChI is InChI=1S/C16H32N2/c1-2-7-14-10-11-18(13-14)16(12-17)15-8-5-3-4-6-9-15/h14-16H,2-13,17H2,1H3. The second-order valence-corrected chi connectivity index (χ2v) is 6.49. The lowest BCUT2D eigenvalue weighted by Crippen LogP contribution is -2.44. The summed E-state index contributed by atoms with van der Waals surface area (Å²) in [7, 11) is 0. The van der Waals surface area contributed by atoms with E-state index >= 15 is 0 Å². The van der Waals surface area contributed by atoms with Gasteiger partial charge in [-0.25, -0.2) is 0 Å². The normalized spacial score (nSPS) is 29.3. The molecule has 2 rings (SSSR count). The number of nitrogens with zero attached hydrogens (tertiary/aromatic N) is 1. The van der Waals surface area contributed by atoms with Gasteiger partial charge >= 0.3 is 0 Å². The smallest absolute Gasteiger partial charge is 0.0246 e. The maximum atomic E-state index is 6.11. The number of rotatable bonds is 5. The van der Waals surface area contributed by atoms with Crippen LogP contribution in [-0.4, -0.2) is 30.6 Å². The Balaban J connectivity index is 1.87. The van der Waals surface area contributed by atoms with Gasteiger partial charge < -0.3 is 5.73 Å². The molecule has 2 N–H and O–H groups in total. The molecule has 106 valence electrons. The van der Waals surface area contributed by atoms with Crippen LogP contribution in [0.1, 0.15) is 64.7 Å². The Kier molecular flexibility index (Phi) is 5.97. The summed E-state index contributed by atoms with van der Waals surface area (Å²) in [4.78, 5) is 2.73. The first-order chi connectivity index (χ1) is 8.85. The Morgan fingerprint density at radius 2 is 1.83 bits per heavy atom. The van der Waals surface area contributed by atoms with Crippen molar-refractivity contribution in [2.75, 3.05) is 19.6 Å². The Bertz CT molecular complexity index is 221. The lowest BCUT2D eigenvalue weighted by molar-refractivity contribution is 0.160. The molecule has 0 spiro atoms. The van der Waals surface area contributed by atoms with Crippen molar-refractivity contribution in [2.24, 2.45) is 17.6 Å². The van der Waals surface area contributed by atoms with Gasteiger partial charge in [0, 0.05) is 19.1 Å². The van der Waals surface area contributed by atoms with Crippen molar-refractivity contribution in [3.63, 3.8) is 0 Å². The van der Waals surface area contributed by atoms with E-state index in [2.05, 4.69) is 11.8 Å². The van der Waals surface area contributed by atoms with Gasteiger partial charge in [-0.2, -0.15) is 0 Å². The zero-order chi connectivity index (χ0) is 12.8. The first-order valence-corrected chi connectivity index (χ1v) is 8.29. The summed E-state index contributed by atoms with van der Waals surface area (Å²) in [6, 6.07) is 0.685. The van der Waals surface area contributed by atoms with Crippen molar-refractivity contribution < 1.29 is 0 Å². The molecule has 1 aliphatic heterocycles. The fraction of sp³-hybridized carbons (Fsp3) is 1.00. The molecule has 0 aromatic heterocycles. The second kappa shape index (κ2) is 7.49. The van der Waals surface area contributed by atoms with Crippen molar-refractivity contribution in [3.8, 4) is 0 Å². The zero-order valence-corrected chi connectivity index (χ0v) is 12.2. The minimum Gasteiger partial charge on any atom is -0.329 e. The molecule has 0 aromatic carbocycles. The van der Waals surface area contributed by atoms with Gasteiger partial charge in [-0.05, 0) is 44.1 Å². The maximum Gasteiger partial charge on any atom is 0.0246 e. The molecule has 2 atom stereocenters. The van der Waals surface area contributed by atoms with Crippen molar-refractivity contribution in [1.29, 1.82) is 0 Å². The van der Waals surface area contributed by atoms with Crippen LogP contribution in [0.25, 0.3) is 0 Å². The molecule has 1 saturated heterocycles. The van der Waals surface area contributed by atoms with Gasteiger partial charge in [-0.1, -0.05) is 39.0 Å². The number of nitrogens with two attached hydrogens (primary N) is 1. The quantitative estimate of drug-likeness (QED) is 0.760. The summed E-state index contributed by atoms with van der Waals surface area (Å²) in [6.45, 7) is 5.83. The molecule has 2 nitrogen and oxygen atoms in total. The molecular weight excluding hydrogens is 220 g/mol. The minimum atomic E-state index is 0.685. The highest BCUT2D eigenvalue weighted by atomic mass is 15.2. The van der Waals surface area contributed by atoms with Crippen LogP contribution in [0, 0.1) is 11.8 Å². The van der Waals surface area contributed by atoms with E-state index in [1.54, 1.807) is 0 Å². The summed E-state index contributed by atoms with van der Waals surface area (Å²) in [6.07, 6.45) is 12.8. The Labute approximate surface area is 113 Å². The van der Waals surface area contributed by atoms with Crippen LogP contribution in [-0.2, 0) is 0 Å². The second-order valence-electron chi connectivity index (χ2n) is 6.49. The first-order valence-electron chi connectivity index (χ1n) is 8.29. The van der Waals surface area contributed by atoms with Crippen LogP contribution in [0.4, 0.5) is 0 Å². The predicted molar refractivity (Wildman–Crippen MR) is 78.6 cm³/mol. The number of likely N-dealkylation sites (tertiary alicyclic amines) is 1. The zero-order valence-electron chi connectivity index (χ0n) is 12.2. The average Bonchev–Trinajstić information content (AvgIpc) is 2.66. The van der Waals surface area contributed by atoms with E-state index in [0.717, 1.165) is 18.4 Å². The predicted octanol–water partition coefficient (Wildman–Crippen LogP) is 3.41. The van der Waals surface area contributed by atoms with E-state index in [9.17, 15) is 0 Å². The fourth-order valence-electron chi connectivity index (χ4n) is 4.14. The van der Waals surface area contributed by atoms with Crippen molar-refractivity contribution in [2.45, 2.75) is 70.8 Å². The third-order valence-corrected chi connectivity index (χ3v) is 5.17. The van der Waals surface area contributed by atoms with E-state index < -0.39 is 0 Å². The molecule has 1 heterocycles. The monoisotopic (exact) mass is 252 g/mol. The lowest BCUT2D eigenvalue weighted by atomic mass is 9.91. The summed E-state index contributed by atoms with van der Waals surface area (Å²) in [5.41, 5.74) is 6.11. The highest BCUT2D eigenvalue weighted by Crippen LogP contribution is 2.31. The molecule has 2 aliphatic rings. The van der Waals surface area contributed by atoms with E-state index in [1.165, 1.54) is 70.9 Å². The molecule has 2 fully saturated rings. The average molecular weight is 252 g/mol. The topological polar surface area (TPSA) is 29.3 Å². The summed E-state index contributed by atoms with van der Waals surface area (Å²) in [5.74, 6) is 1.84. The lowest BCUT2D eigenvalue weighted by Gasteiger charge is -2.33. The van der Waals surface area contributed by atoms with Gasteiger partial charge in [0.05, 0.1) is 0 Å². The van der Waals surface area contributed by atoms with E-state index in [4.69, 9.17) is 5.73 Å². The van der Waals surface area contributed by atoms with Crippen LogP contribution in [0.3, 0.4) is 0 Å². The van der Waals surface area contributed by atoms with Gasteiger partial charge in [0.15, 0.2) is 0 Å². The largest absolute Gasteiger partial charge is 0.329 e. The Morgan fingerprint density at radius 1 is 1.11 bits per heavy atom. The molecule has 0 amide bonds.